The molecule has 24 heavy (non-hydrogen) atoms. The lowest BCUT2D eigenvalue weighted by Gasteiger charge is -2.13. The number of aromatic nitrogens is 1. The highest BCUT2D eigenvalue weighted by molar-refractivity contribution is 7.89. The molecule has 2 aromatic rings. The second-order valence-electron chi connectivity index (χ2n) is 5.43. The highest BCUT2D eigenvalue weighted by Crippen LogP contribution is 2.39. The zero-order chi connectivity index (χ0) is 17.5. The first kappa shape index (κ1) is 16.8. The summed E-state index contributed by atoms with van der Waals surface area (Å²) in [7, 11) is -0.757. The van der Waals surface area contributed by atoms with Crippen molar-refractivity contribution in [2.45, 2.75) is 11.4 Å². The molecule has 1 aromatic heterocycles. The molecule has 0 amide bonds. The molecular formula is C15H15ClN2O5S. The second-order valence-corrected chi connectivity index (χ2v) is 7.99. The van der Waals surface area contributed by atoms with E-state index in [1.54, 1.807) is 12.1 Å². The molecular weight excluding hydrogens is 356 g/mol. The van der Waals surface area contributed by atoms with Gasteiger partial charge < -0.3 is 14.0 Å². The number of rotatable bonds is 4. The van der Waals surface area contributed by atoms with E-state index in [0.29, 0.717) is 22.1 Å². The average molecular weight is 371 g/mol. The monoisotopic (exact) mass is 370 g/mol. The van der Waals surface area contributed by atoms with Crippen LogP contribution in [0, 0.1) is 0 Å². The molecule has 1 aliphatic heterocycles. The Labute approximate surface area is 144 Å². The molecule has 1 aliphatic rings. The zero-order valence-electron chi connectivity index (χ0n) is 13.0. The summed E-state index contributed by atoms with van der Waals surface area (Å²) in [6, 6.07) is 5.90. The number of hydrogen-bond donors (Lipinski definition) is 0. The van der Waals surface area contributed by atoms with Crippen molar-refractivity contribution in [2.75, 3.05) is 20.9 Å². The Morgan fingerprint density at radius 1 is 1.25 bits per heavy atom. The van der Waals surface area contributed by atoms with Crippen LogP contribution in [0.1, 0.15) is 5.56 Å². The third-order valence-electron chi connectivity index (χ3n) is 3.57. The maximum atomic E-state index is 12.2. The minimum absolute atomic E-state index is 0.0407. The first-order valence-corrected chi connectivity index (χ1v) is 8.82. The predicted molar refractivity (Wildman–Crippen MR) is 88.3 cm³/mol. The summed E-state index contributed by atoms with van der Waals surface area (Å²) < 4.78 is 37.4. The van der Waals surface area contributed by atoms with E-state index in [1.165, 1.54) is 37.0 Å². The molecule has 0 saturated carbocycles. The van der Waals surface area contributed by atoms with Crippen LogP contribution in [0.15, 0.2) is 40.2 Å². The number of halogens is 1. The van der Waals surface area contributed by atoms with Gasteiger partial charge >= 0.3 is 0 Å². The summed E-state index contributed by atoms with van der Waals surface area (Å²) in [5, 5.41) is 0.380. The van der Waals surface area contributed by atoms with Crippen LogP contribution in [0.25, 0.3) is 0 Å². The molecule has 0 spiro atoms. The summed E-state index contributed by atoms with van der Waals surface area (Å²) in [4.78, 5) is 12.1. The maximum Gasteiger partial charge on any atom is 0.250 e. The molecule has 0 N–H and O–H groups in total. The van der Waals surface area contributed by atoms with Gasteiger partial charge in [0.15, 0.2) is 11.5 Å². The number of pyridine rings is 1. The summed E-state index contributed by atoms with van der Waals surface area (Å²) in [5.41, 5.74) is 0.382. The Morgan fingerprint density at radius 3 is 2.71 bits per heavy atom. The fourth-order valence-corrected chi connectivity index (χ4v) is 3.52. The van der Waals surface area contributed by atoms with Crippen LogP contribution >= 0.6 is 11.6 Å². The Hall–Kier alpha value is -2.03. The number of ether oxygens (including phenoxy) is 2. The van der Waals surface area contributed by atoms with Gasteiger partial charge in [0.1, 0.15) is 0 Å². The van der Waals surface area contributed by atoms with E-state index >= 15 is 0 Å². The van der Waals surface area contributed by atoms with Crippen molar-refractivity contribution in [1.29, 1.82) is 0 Å². The van der Waals surface area contributed by atoms with Gasteiger partial charge in [0.05, 0.1) is 16.5 Å². The summed E-state index contributed by atoms with van der Waals surface area (Å²) in [6.45, 7) is 0.251. The number of fused-ring (bicyclic) bond motifs is 1. The lowest BCUT2D eigenvalue weighted by atomic mass is 10.2. The molecule has 0 bridgehead atoms. The van der Waals surface area contributed by atoms with Crippen molar-refractivity contribution >= 4 is 21.6 Å². The zero-order valence-corrected chi connectivity index (χ0v) is 14.6. The molecule has 3 rings (SSSR count). The van der Waals surface area contributed by atoms with Crippen LogP contribution in [0.4, 0.5) is 0 Å². The van der Waals surface area contributed by atoms with Gasteiger partial charge in [-0.05, 0) is 23.8 Å². The van der Waals surface area contributed by atoms with E-state index in [-0.39, 0.29) is 23.8 Å². The van der Waals surface area contributed by atoms with E-state index in [0.717, 1.165) is 4.31 Å². The Balaban J connectivity index is 1.99. The van der Waals surface area contributed by atoms with E-state index in [2.05, 4.69) is 0 Å². The molecule has 0 atom stereocenters. The van der Waals surface area contributed by atoms with Crippen LogP contribution in [0.5, 0.6) is 11.5 Å². The Kier molecular flexibility index (Phi) is 4.29. The smallest absolute Gasteiger partial charge is 0.250 e. The van der Waals surface area contributed by atoms with Crippen molar-refractivity contribution in [1.82, 2.24) is 8.87 Å². The van der Waals surface area contributed by atoms with E-state index < -0.39 is 10.0 Å². The third kappa shape index (κ3) is 3.00. The highest BCUT2D eigenvalue weighted by atomic mass is 35.5. The first-order chi connectivity index (χ1) is 11.3. The normalized spacial score (nSPS) is 13.5. The highest BCUT2D eigenvalue weighted by Gasteiger charge is 2.20. The predicted octanol–water partition coefficient (Wildman–Crippen LogP) is 1.53. The molecule has 0 unspecified atom stereocenters. The average Bonchev–Trinajstić information content (AvgIpc) is 2.98. The van der Waals surface area contributed by atoms with Crippen molar-refractivity contribution in [3.05, 3.63) is 51.4 Å². The molecule has 0 aliphatic carbocycles. The fourth-order valence-electron chi connectivity index (χ4n) is 2.31. The van der Waals surface area contributed by atoms with Gasteiger partial charge in [0.2, 0.25) is 16.8 Å². The second kappa shape index (κ2) is 6.12. The minimum atomic E-state index is -3.62. The molecule has 0 radical (unpaired) electrons. The molecule has 128 valence electrons. The summed E-state index contributed by atoms with van der Waals surface area (Å²) >= 11 is 6.13. The van der Waals surface area contributed by atoms with E-state index in [9.17, 15) is 13.2 Å². The number of nitrogens with zero attached hydrogens (tertiary/aromatic N) is 2. The lowest BCUT2D eigenvalue weighted by molar-refractivity contribution is 0.174. The van der Waals surface area contributed by atoms with Crippen molar-refractivity contribution in [2.24, 2.45) is 0 Å². The largest absolute Gasteiger partial charge is 0.454 e. The SMILES string of the molecule is CN(C)S(=O)(=O)c1ccc(=O)n(Cc2cc(Cl)c3c(c2)OCO3)c1. The van der Waals surface area contributed by atoms with Gasteiger partial charge in [-0.15, -0.1) is 0 Å². The number of sulfonamides is 1. The van der Waals surface area contributed by atoms with Gasteiger partial charge in [-0.2, -0.15) is 0 Å². The molecule has 1 aromatic carbocycles. The summed E-state index contributed by atoms with van der Waals surface area (Å²) in [6.07, 6.45) is 1.32. The lowest BCUT2D eigenvalue weighted by Crippen LogP contribution is -2.26. The van der Waals surface area contributed by atoms with Gasteiger partial charge in [0.25, 0.3) is 5.56 Å². The van der Waals surface area contributed by atoms with Gasteiger partial charge in [-0.1, -0.05) is 11.6 Å². The van der Waals surface area contributed by atoms with Crippen molar-refractivity contribution in [3.63, 3.8) is 0 Å². The number of benzene rings is 1. The van der Waals surface area contributed by atoms with Crippen LogP contribution < -0.4 is 15.0 Å². The van der Waals surface area contributed by atoms with Crippen molar-refractivity contribution in [3.8, 4) is 11.5 Å². The quantitative estimate of drug-likeness (QED) is 0.815. The van der Waals surface area contributed by atoms with Gasteiger partial charge in [-0.3, -0.25) is 4.79 Å². The molecule has 7 nitrogen and oxygen atoms in total. The summed E-state index contributed by atoms with van der Waals surface area (Å²) in [5.74, 6) is 0.972. The van der Waals surface area contributed by atoms with E-state index in [4.69, 9.17) is 21.1 Å². The van der Waals surface area contributed by atoms with Crippen LogP contribution in [0.3, 0.4) is 0 Å². The van der Waals surface area contributed by atoms with Crippen LogP contribution in [0.2, 0.25) is 5.02 Å². The van der Waals surface area contributed by atoms with Gasteiger partial charge in [0, 0.05) is 26.4 Å². The van der Waals surface area contributed by atoms with Crippen LogP contribution in [-0.4, -0.2) is 38.2 Å². The maximum absolute atomic E-state index is 12.2. The molecule has 2 heterocycles. The molecule has 0 fully saturated rings. The third-order valence-corrected chi connectivity index (χ3v) is 5.65. The standard InChI is InChI=1S/C15H15ClN2O5S/c1-17(2)24(20,21)11-3-4-14(19)18(8-11)7-10-5-12(16)15-13(6-10)22-9-23-15/h3-6,8H,7,9H2,1-2H3. The Morgan fingerprint density at radius 2 is 2.00 bits per heavy atom. The number of hydrogen-bond acceptors (Lipinski definition) is 5. The molecule has 0 saturated heterocycles. The minimum Gasteiger partial charge on any atom is -0.454 e. The van der Waals surface area contributed by atoms with E-state index in [1.807, 2.05) is 0 Å². The van der Waals surface area contributed by atoms with Gasteiger partial charge in [-0.25, -0.2) is 12.7 Å². The van der Waals surface area contributed by atoms with Crippen LogP contribution in [-0.2, 0) is 16.6 Å². The van der Waals surface area contributed by atoms with Crippen molar-refractivity contribution < 1.29 is 17.9 Å². The fraction of sp³-hybridized carbons (Fsp3) is 0.267. The Bertz CT molecular complexity index is 953. The topological polar surface area (TPSA) is 77.8 Å². The first-order valence-electron chi connectivity index (χ1n) is 7.00. The molecule has 9 heteroatoms.